The van der Waals surface area contributed by atoms with E-state index in [4.69, 9.17) is 9.88 Å². The van der Waals surface area contributed by atoms with Gasteiger partial charge in [-0.3, -0.25) is 4.99 Å². The number of sulfonamides is 1. The SMILES string of the molecule is CN=C(NCCc1ccc(S(N)(=O)=O)cc1)NCC1CCCOC1c1ccc(C)cc1.I. The van der Waals surface area contributed by atoms with Gasteiger partial charge in [-0.2, -0.15) is 0 Å². The number of primary sulfonamides is 1. The van der Waals surface area contributed by atoms with E-state index in [1.54, 1.807) is 19.2 Å². The van der Waals surface area contributed by atoms with Gasteiger partial charge in [0.1, 0.15) is 0 Å². The van der Waals surface area contributed by atoms with Gasteiger partial charge in [-0.1, -0.05) is 42.0 Å². The van der Waals surface area contributed by atoms with E-state index < -0.39 is 10.0 Å². The highest BCUT2D eigenvalue weighted by Crippen LogP contribution is 2.33. The molecule has 1 saturated heterocycles. The average Bonchev–Trinajstić information content (AvgIpc) is 2.76. The summed E-state index contributed by atoms with van der Waals surface area (Å²) in [6.07, 6.45) is 3.01. The lowest BCUT2D eigenvalue weighted by atomic mass is 9.89. The van der Waals surface area contributed by atoms with Gasteiger partial charge in [0.15, 0.2) is 5.96 Å². The number of nitrogens with one attached hydrogen (secondary N) is 2. The Balaban J connectivity index is 0.00000363. The predicted molar refractivity (Wildman–Crippen MR) is 139 cm³/mol. The molecule has 4 N–H and O–H groups in total. The Morgan fingerprint density at radius 2 is 1.81 bits per heavy atom. The van der Waals surface area contributed by atoms with Gasteiger partial charge in [-0.15, -0.1) is 24.0 Å². The Labute approximate surface area is 208 Å². The molecule has 2 aromatic rings. The summed E-state index contributed by atoms with van der Waals surface area (Å²) in [5.74, 6) is 1.12. The Hall–Kier alpha value is -1.69. The van der Waals surface area contributed by atoms with E-state index in [1.807, 2.05) is 0 Å². The first-order valence-corrected chi connectivity index (χ1v) is 12.2. The van der Waals surface area contributed by atoms with Crippen LogP contribution in [-0.2, 0) is 21.2 Å². The fourth-order valence-corrected chi connectivity index (χ4v) is 4.31. The van der Waals surface area contributed by atoms with E-state index in [1.165, 1.54) is 23.3 Å². The maximum atomic E-state index is 11.3. The number of hydrogen-bond acceptors (Lipinski definition) is 4. The van der Waals surface area contributed by atoms with E-state index in [0.717, 1.165) is 43.9 Å². The van der Waals surface area contributed by atoms with E-state index in [0.29, 0.717) is 12.5 Å². The molecule has 0 aromatic heterocycles. The van der Waals surface area contributed by atoms with Crippen LogP contribution in [0.5, 0.6) is 0 Å². The molecular formula is C23H33IN4O3S. The Morgan fingerprint density at radius 1 is 1.12 bits per heavy atom. The Kier molecular flexibility index (Phi) is 10.4. The average molecular weight is 573 g/mol. The summed E-state index contributed by atoms with van der Waals surface area (Å²) >= 11 is 0. The second-order valence-electron chi connectivity index (χ2n) is 7.92. The van der Waals surface area contributed by atoms with Gasteiger partial charge in [-0.05, 0) is 49.4 Å². The molecule has 0 bridgehead atoms. The smallest absolute Gasteiger partial charge is 0.238 e. The number of halogens is 1. The van der Waals surface area contributed by atoms with Crippen molar-refractivity contribution < 1.29 is 13.2 Å². The minimum absolute atomic E-state index is 0. The van der Waals surface area contributed by atoms with Crippen molar-refractivity contribution in [2.75, 3.05) is 26.7 Å². The molecule has 2 unspecified atom stereocenters. The second kappa shape index (κ2) is 12.5. The number of guanidine groups is 1. The molecule has 1 aliphatic rings. The summed E-state index contributed by atoms with van der Waals surface area (Å²) in [5.41, 5.74) is 3.50. The fraction of sp³-hybridized carbons (Fsp3) is 0.435. The molecule has 0 radical (unpaired) electrons. The van der Waals surface area contributed by atoms with Crippen molar-refractivity contribution in [2.45, 2.75) is 37.2 Å². The zero-order chi connectivity index (χ0) is 22.3. The number of rotatable bonds is 7. The van der Waals surface area contributed by atoms with Crippen molar-refractivity contribution in [3.63, 3.8) is 0 Å². The molecule has 0 spiro atoms. The molecule has 32 heavy (non-hydrogen) atoms. The van der Waals surface area contributed by atoms with E-state index in [2.05, 4.69) is 46.8 Å². The highest BCUT2D eigenvalue weighted by atomic mass is 127. The Morgan fingerprint density at radius 3 is 2.44 bits per heavy atom. The third kappa shape index (κ3) is 7.72. The first kappa shape index (κ1) is 26.6. The third-order valence-corrected chi connectivity index (χ3v) is 6.49. The molecule has 0 saturated carbocycles. The first-order chi connectivity index (χ1) is 14.9. The lowest BCUT2D eigenvalue weighted by molar-refractivity contribution is -0.0265. The topological polar surface area (TPSA) is 106 Å². The van der Waals surface area contributed by atoms with Crippen LogP contribution >= 0.6 is 24.0 Å². The minimum atomic E-state index is -3.66. The standard InChI is InChI=1S/C23H32N4O3S.HI/c1-17-5-9-19(10-6-17)22-20(4-3-15-30-22)16-27-23(25-2)26-14-13-18-7-11-21(12-8-18)31(24,28)29;/h5-12,20,22H,3-4,13-16H2,1-2H3,(H2,24,28,29)(H2,25,26,27);1H. The molecule has 3 rings (SSSR count). The lowest BCUT2D eigenvalue weighted by Gasteiger charge is -2.32. The summed E-state index contributed by atoms with van der Waals surface area (Å²) in [5, 5.41) is 11.9. The minimum Gasteiger partial charge on any atom is -0.373 e. The van der Waals surface area contributed by atoms with Gasteiger partial charge in [0.2, 0.25) is 10.0 Å². The molecule has 1 heterocycles. The van der Waals surface area contributed by atoms with Gasteiger partial charge in [0.05, 0.1) is 11.0 Å². The van der Waals surface area contributed by atoms with Gasteiger partial charge in [0, 0.05) is 32.7 Å². The highest BCUT2D eigenvalue weighted by Gasteiger charge is 2.27. The number of nitrogens with two attached hydrogens (primary N) is 1. The molecule has 0 amide bonds. The van der Waals surface area contributed by atoms with E-state index in [-0.39, 0.29) is 35.0 Å². The van der Waals surface area contributed by atoms with Crippen molar-refractivity contribution in [3.05, 3.63) is 65.2 Å². The number of aliphatic imine (C=N–C) groups is 1. The Bertz CT molecular complexity index is 979. The van der Waals surface area contributed by atoms with Gasteiger partial charge in [-0.25, -0.2) is 13.6 Å². The summed E-state index contributed by atoms with van der Waals surface area (Å²) in [4.78, 5) is 4.44. The number of ether oxygens (including phenoxy) is 1. The van der Waals surface area contributed by atoms with Crippen molar-refractivity contribution in [3.8, 4) is 0 Å². The number of aryl methyl sites for hydroxylation is 1. The second-order valence-corrected chi connectivity index (χ2v) is 9.48. The van der Waals surface area contributed by atoms with Crippen LogP contribution in [0.3, 0.4) is 0 Å². The molecule has 2 atom stereocenters. The van der Waals surface area contributed by atoms with Crippen molar-refractivity contribution in [1.82, 2.24) is 10.6 Å². The summed E-state index contributed by atoms with van der Waals surface area (Å²) in [6, 6.07) is 15.2. The maximum Gasteiger partial charge on any atom is 0.238 e. The van der Waals surface area contributed by atoms with E-state index in [9.17, 15) is 8.42 Å². The normalized spacial score (nSPS) is 19.2. The summed E-state index contributed by atoms with van der Waals surface area (Å²) in [7, 11) is -1.90. The van der Waals surface area contributed by atoms with Crippen LogP contribution in [0.2, 0.25) is 0 Å². The summed E-state index contributed by atoms with van der Waals surface area (Å²) < 4.78 is 28.8. The van der Waals surface area contributed by atoms with Crippen molar-refractivity contribution >= 4 is 40.0 Å². The molecular weight excluding hydrogens is 539 g/mol. The zero-order valence-corrected chi connectivity index (χ0v) is 21.7. The van der Waals surface area contributed by atoms with Crippen LogP contribution in [0.15, 0.2) is 58.4 Å². The van der Waals surface area contributed by atoms with Crippen LogP contribution in [0.1, 0.15) is 35.6 Å². The first-order valence-electron chi connectivity index (χ1n) is 10.6. The van der Waals surface area contributed by atoms with Gasteiger partial charge in [0.25, 0.3) is 0 Å². The fourth-order valence-electron chi connectivity index (χ4n) is 3.80. The molecule has 1 aliphatic heterocycles. The van der Waals surface area contributed by atoms with E-state index >= 15 is 0 Å². The third-order valence-electron chi connectivity index (χ3n) is 5.56. The molecule has 2 aromatic carbocycles. The number of benzene rings is 2. The van der Waals surface area contributed by atoms with Crippen molar-refractivity contribution in [1.29, 1.82) is 0 Å². The largest absolute Gasteiger partial charge is 0.373 e. The van der Waals surface area contributed by atoms with Gasteiger partial charge < -0.3 is 15.4 Å². The van der Waals surface area contributed by atoms with Crippen LogP contribution < -0.4 is 15.8 Å². The molecule has 1 fully saturated rings. The highest BCUT2D eigenvalue weighted by molar-refractivity contribution is 14.0. The van der Waals surface area contributed by atoms with Gasteiger partial charge >= 0.3 is 0 Å². The zero-order valence-electron chi connectivity index (χ0n) is 18.6. The molecule has 0 aliphatic carbocycles. The van der Waals surface area contributed by atoms with Crippen molar-refractivity contribution in [2.24, 2.45) is 16.0 Å². The number of nitrogens with zero attached hydrogens (tertiary/aromatic N) is 1. The summed E-state index contributed by atoms with van der Waals surface area (Å²) in [6.45, 7) is 4.35. The van der Waals surface area contributed by atoms with Crippen LogP contribution in [0.25, 0.3) is 0 Å². The predicted octanol–water partition coefficient (Wildman–Crippen LogP) is 3.14. The lowest BCUT2D eigenvalue weighted by Crippen LogP contribution is -2.42. The number of hydrogen-bond donors (Lipinski definition) is 3. The van der Waals surface area contributed by atoms with Crippen LogP contribution in [0.4, 0.5) is 0 Å². The maximum absolute atomic E-state index is 11.3. The monoisotopic (exact) mass is 572 g/mol. The quantitative estimate of drug-likeness (QED) is 0.269. The van der Waals surface area contributed by atoms with Crippen LogP contribution in [-0.4, -0.2) is 41.1 Å². The molecule has 7 nitrogen and oxygen atoms in total. The van der Waals surface area contributed by atoms with Crippen LogP contribution in [0, 0.1) is 12.8 Å². The molecule has 176 valence electrons. The molecule has 9 heteroatoms.